The Bertz CT molecular complexity index is 876. The summed E-state index contributed by atoms with van der Waals surface area (Å²) in [6.45, 7) is 2.24. The molecule has 0 bridgehead atoms. The molecule has 3 aromatic rings. The van der Waals surface area contributed by atoms with Gasteiger partial charge in [0.15, 0.2) is 4.33 Å². The van der Waals surface area contributed by atoms with Gasteiger partial charge in [0.2, 0.25) is 0 Å². The van der Waals surface area contributed by atoms with E-state index in [1.165, 1.54) is 0 Å². The molecule has 0 aliphatic rings. The molecule has 0 fully saturated rings. The molecular formula is C17H16Cl2N4O. The van der Waals surface area contributed by atoms with Gasteiger partial charge < -0.3 is 5.32 Å². The van der Waals surface area contributed by atoms with Crippen molar-refractivity contribution in [3.05, 3.63) is 59.7 Å². The minimum atomic E-state index is -1.20. The van der Waals surface area contributed by atoms with Crippen molar-refractivity contribution < 1.29 is 4.79 Å². The molecule has 1 aromatic heterocycles. The Labute approximate surface area is 149 Å². The van der Waals surface area contributed by atoms with Crippen molar-refractivity contribution in [1.82, 2.24) is 20.3 Å². The zero-order valence-electron chi connectivity index (χ0n) is 13.0. The highest BCUT2D eigenvalue weighted by Crippen LogP contribution is 2.24. The van der Waals surface area contributed by atoms with Crippen LogP contribution in [0.1, 0.15) is 15.9 Å². The van der Waals surface area contributed by atoms with Crippen LogP contribution < -0.4 is 5.32 Å². The van der Waals surface area contributed by atoms with E-state index in [0.29, 0.717) is 5.56 Å². The number of aromatic nitrogens is 3. The average Bonchev–Trinajstić information content (AvgIpc) is 2.95. The largest absolute Gasteiger partial charge is 0.349 e. The van der Waals surface area contributed by atoms with E-state index in [-0.39, 0.29) is 19.0 Å². The number of fused-ring (bicyclic) bond motifs is 1. The molecule has 0 saturated carbocycles. The number of nitrogens with one attached hydrogen (secondary N) is 1. The summed E-state index contributed by atoms with van der Waals surface area (Å²) < 4.78 is 0.435. The number of benzene rings is 2. The first-order chi connectivity index (χ1) is 11.4. The second-order valence-electron chi connectivity index (χ2n) is 5.64. The van der Waals surface area contributed by atoms with Gasteiger partial charge in [-0.05, 0) is 31.2 Å². The normalized spacial score (nSPS) is 11.6. The maximum Gasteiger partial charge on any atom is 0.251 e. The van der Waals surface area contributed by atoms with Crippen molar-refractivity contribution in [3.8, 4) is 0 Å². The van der Waals surface area contributed by atoms with Crippen molar-refractivity contribution in [2.24, 2.45) is 0 Å². The number of rotatable bonds is 5. The molecular weight excluding hydrogens is 347 g/mol. The summed E-state index contributed by atoms with van der Waals surface area (Å²) in [5, 5.41) is 10.9. The van der Waals surface area contributed by atoms with Gasteiger partial charge in [-0.1, -0.05) is 58.2 Å². The maximum absolute atomic E-state index is 12.2. The third-order valence-electron chi connectivity index (χ3n) is 3.59. The number of alkyl halides is 2. The van der Waals surface area contributed by atoms with Gasteiger partial charge in [0.05, 0.1) is 18.6 Å². The van der Waals surface area contributed by atoms with Crippen LogP contribution in [0.5, 0.6) is 0 Å². The number of amides is 1. The number of hydrogen-bond donors (Lipinski definition) is 1. The highest BCUT2D eigenvalue weighted by molar-refractivity contribution is 6.48. The average molecular weight is 363 g/mol. The smallest absolute Gasteiger partial charge is 0.251 e. The molecule has 5 nitrogen and oxygen atoms in total. The predicted octanol–water partition coefficient (Wildman–Crippen LogP) is 3.34. The Balaban J connectivity index is 1.66. The standard InChI is InChI=1S/C17H16Cl2N4O/c1-12-5-4-6-13(9-12)16(24)20-10-17(18,19)11-23-15-8-3-2-7-14(15)21-22-23/h2-9H,10-11H2,1H3,(H,20,24). The van der Waals surface area contributed by atoms with E-state index in [0.717, 1.165) is 16.6 Å². The second-order valence-corrected chi connectivity index (χ2v) is 7.28. The zero-order valence-corrected chi connectivity index (χ0v) is 14.6. The second kappa shape index (κ2) is 6.79. The molecule has 0 radical (unpaired) electrons. The Morgan fingerprint density at radius 1 is 1.21 bits per heavy atom. The Kier molecular flexibility index (Phi) is 4.73. The summed E-state index contributed by atoms with van der Waals surface area (Å²) in [7, 11) is 0. The van der Waals surface area contributed by atoms with Gasteiger partial charge in [-0.3, -0.25) is 4.79 Å². The lowest BCUT2D eigenvalue weighted by Crippen LogP contribution is -2.38. The minimum absolute atomic E-state index is 0.0943. The van der Waals surface area contributed by atoms with Gasteiger partial charge in [-0.2, -0.15) is 0 Å². The summed E-state index contributed by atoms with van der Waals surface area (Å²) in [5.41, 5.74) is 3.20. The van der Waals surface area contributed by atoms with E-state index >= 15 is 0 Å². The molecule has 2 aromatic carbocycles. The van der Waals surface area contributed by atoms with Gasteiger partial charge in [0.25, 0.3) is 5.91 Å². The summed E-state index contributed by atoms with van der Waals surface area (Å²) in [5.74, 6) is -0.215. The van der Waals surface area contributed by atoms with E-state index < -0.39 is 4.33 Å². The number of hydrogen-bond acceptors (Lipinski definition) is 3. The van der Waals surface area contributed by atoms with Crippen LogP contribution in [-0.2, 0) is 6.54 Å². The SMILES string of the molecule is Cc1cccc(C(=O)NCC(Cl)(Cl)Cn2nnc3ccccc32)c1. The number of halogens is 2. The van der Waals surface area contributed by atoms with Crippen molar-refractivity contribution in [2.75, 3.05) is 6.54 Å². The van der Waals surface area contributed by atoms with E-state index in [4.69, 9.17) is 23.2 Å². The Morgan fingerprint density at radius 3 is 2.79 bits per heavy atom. The minimum Gasteiger partial charge on any atom is -0.349 e. The summed E-state index contributed by atoms with van der Waals surface area (Å²) in [4.78, 5) is 12.2. The van der Waals surface area contributed by atoms with E-state index in [1.807, 2.05) is 49.4 Å². The molecule has 3 rings (SSSR count). The quantitative estimate of drug-likeness (QED) is 0.708. The number of carbonyl (C=O) groups excluding carboxylic acids is 1. The van der Waals surface area contributed by atoms with Gasteiger partial charge in [-0.15, -0.1) is 5.10 Å². The molecule has 1 heterocycles. The summed E-state index contributed by atoms with van der Waals surface area (Å²) >= 11 is 12.7. The van der Waals surface area contributed by atoms with Crippen molar-refractivity contribution in [1.29, 1.82) is 0 Å². The highest BCUT2D eigenvalue weighted by atomic mass is 35.5. The lowest BCUT2D eigenvalue weighted by atomic mass is 10.1. The molecule has 0 unspecified atom stereocenters. The zero-order chi connectivity index (χ0) is 17.2. The summed E-state index contributed by atoms with van der Waals surface area (Å²) in [6, 6.07) is 14.9. The lowest BCUT2D eigenvalue weighted by Gasteiger charge is -2.20. The maximum atomic E-state index is 12.2. The molecule has 7 heteroatoms. The Hall–Kier alpha value is -2.11. The third kappa shape index (κ3) is 3.86. The summed E-state index contributed by atoms with van der Waals surface area (Å²) in [6.07, 6.45) is 0. The number of aryl methyl sites for hydroxylation is 1. The van der Waals surface area contributed by atoms with Crippen molar-refractivity contribution in [3.63, 3.8) is 0 Å². The van der Waals surface area contributed by atoms with Crippen LogP contribution in [-0.4, -0.2) is 31.8 Å². The number of carbonyl (C=O) groups is 1. The van der Waals surface area contributed by atoms with Crippen molar-refractivity contribution in [2.45, 2.75) is 17.8 Å². The van der Waals surface area contributed by atoms with Gasteiger partial charge >= 0.3 is 0 Å². The fraction of sp³-hybridized carbons (Fsp3) is 0.235. The van der Waals surface area contributed by atoms with Gasteiger partial charge in [-0.25, -0.2) is 4.68 Å². The van der Waals surface area contributed by atoms with Gasteiger partial charge in [0, 0.05) is 5.56 Å². The number of nitrogens with zero attached hydrogens (tertiary/aromatic N) is 3. The molecule has 1 amide bonds. The molecule has 0 aliphatic heterocycles. The fourth-order valence-corrected chi connectivity index (χ4v) is 2.77. The first-order valence-electron chi connectivity index (χ1n) is 7.45. The predicted molar refractivity (Wildman–Crippen MR) is 95.5 cm³/mol. The fourth-order valence-electron chi connectivity index (χ4n) is 2.41. The molecule has 24 heavy (non-hydrogen) atoms. The van der Waals surface area contributed by atoms with Crippen molar-refractivity contribution >= 4 is 40.1 Å². The number of para-hydroxylation sites is 1. The van der Waals surface area contributed by atoms with Crippen LogP contribution in [0.4, 0.5) is 0 Å². The van der Waals surface area contributed by atoms with E-state index in [2.05, 4.69) is 15.6 Å². The molecule has 0 aliphatic carbocycles. The monoisotopic (exact) mass is 362 g/mol. The third-order valence-corrected chi connectivity index (χ3v) is 4.10. The Morgan fingerprint density at radius 2 is 2.00 bits per heavy atom. The molecule has 0 atom stereocenters. The molecule has 1 N–H and O–H groups in total. The topological polar surface area (TPSA) is 59.8 Å². The van der Waals surface area contributed by atoms with Crippen LogP contribution in [0, 0.1) is 6.92 Å². The molecule has 124 valence electrons. The highest BCUT2D eigenvalue weighted by Gasteiger charge is 2.27. The lowest BCUT2D eigenvalue weighted by molar-refractivity contribution is 0.0951. The first-order valence-corrected chi connectivity index (χ1v) is 8.21. The first kappa shape index (κ1) is 16.7. The molecule has 0 spiro atoms. The van der Waals surface area contributed by atoms with Crippen LogP contribution in [0.25, 0.3) is 11.0 Å². The van der Waals surface area contributed by atoms with Crippen LogP contribution in [0.2, 0.25) is 0 Å². The van der Waals surface area contributed by atoms with E-state index in [1.54, 1.807) is 10.7 Å². The molecule has 0 saturated heterocycles. The van der Waals surface area contributed by atoms with Crippen LogP contribution in [0.3, 0.4) is 0 Å². The van der Waals surface area contributed by atoms with Crippen LogP contribution in [0.15, 0.2) is 48.5 Å². The van der Waals surface area contributed by atoms with Crippen LogP contribution >= 0.6 is 23.2 Å². The van der Waals surface area contributed by atoms with E-state index in [9.17, 15) is 4.79 Å². The van der Waals surface area contributed by atoms with Gasteiger partial charge in [0.1, 0.15) is 5.52 Å².